The van der Waals surface area contributed by atoms with Gasteiger partial charge in [0.15, 0.2) is 5.89 Å². The number of carbonyl (C=O) groups is 1. The SMILES string of the molecule is CO[C@@]1(Cc2nc(CN3CCOCC3)c(C)o2)/C=C/C[C@H](C)[C@@H](C)S(=O)(=O)NC(=O)c2ccc3c(c2)N(CCCCc2cc(Cl)ccc2CO3)C[C@@H]2CC[C@H]21. The average Bonchev–Trinajstić information content (AvgIpc) is 3.48. The summed E-state index contributed by atoms with van der Waals surface area (Å²) in [5.41, 5.74) is 3.48. The van der Waals surface area contributed by atoms with E-state index in [1.807, 2.05) is 32.0 Å². The van der Waals surface area contributed by atoms with Gasteiger partial charge in [0.05, 0.1) is 41.9 Å². The summed E-state index contributed by atoms with van der Waals surface area (Å²) >= 11 is 6.41. The highest BCUT2D eigenvalue weighted by Gasteiger charge is 2.48. The molecule has 1 aromatic heterocycles. The third-order valence-electron chi connectivity index (χ3n) is 12.4. The number of fused-ring (bicyclic) bond motifs is 3. The Hall–Kier alpha value is -3.42. The normalized spacial score (nSPS) is 28.4. The molecule has 11 nitrogen and oxygen atoms in total. The van der Waals surface area contributed by atoms with E-state index in [1.165, 1.54) is 5.56 Å². The van der Waals surface area contributed by atoms with Crippen molar-refractivity contribution in [2.75, 3.05) is 51.4 Å². The molecular weight excluding hydrogens is 740 g/mol. The number of amides is 1. The Bertz CT molecular complexity index is 1980. The van der Waals surface area contributed by atoms with Crippen LogP contribution in [0.2, 0.25) is 5.02 Å². The third kappa shape index (κ3) is 8.94. The third-order valence-corrected chi connectivity index (χ3v) is 14.5. The first kappa shape index (κ1) is 39.8. The van der Waals surface area contributed by atoms with E-state index >= 15 is 0 Å². The van der Waals surface area contributed by atoms with Gasteiger partial charge < -0.3 is 23.5 Å². The lowest BCUT2D eigenvalue weighted by atomic mass is 9.63. The fourth-order valence-corrected chi connectivity index (χ4v) is 10.1. The molecule has 2 aromatic carbocycles. The number of allylic oxidation sites excluding steroid dienone is 1. The van der Waals surface area contributed by atoms with Crippen LogP contribution in [0.25, 0.3) is 0 Å². The van der Waals surface area contributed by atoms with Gasteiger partial charge in [-0.2, -0.15) is 0 Å². The first-order valence-corrected chi connectivity index (χ1v) is 21.7. The number of aryl methyl sites for hydroxylation is 2. The van der Waals surface area contributed by atoms with Crippen LogP contribution in [0.15, 0.2) is 53.0 Å². The number of rotatable bonds is 5. The van der Waals surface area contributed by atoms with E-state index in [0.29, 0.717) is 62.4 Å². The molecule has 0 unspecified atom stereocenters. The summed E-state index contributed by atoms with van der Waals surface area (Å²) in [5, 5.41) is -0.123. The van der Waals surface area contributed by atoms with Crippen LogP contribution in [0.5, 0.6) is 5.75 Å². The number of carbonyl (C=O) groups excluding carboxylic acids is 1. The average molecular weight is 795 g/mol. The largest absolute Gasteiger partial charge is 0.487 e. The maximum absolute atomic E-state index is 13.6. The predicted molar refractivity (Wildman–Crippen MR) is 213 cm³/mol. The van der Waals surface area contributed by atoms with Crippen molar-refractivity contribution in [2.45, 2.75) is 89.7 Å². The van der Waals surface area contributed by atoms with E-state index in [9.17, 15) is 13.2 Å². The molecule has 7 rings (SSSR count). The Kier molecular flexibility index (Phi) is 12.3. The number of halogens is 1. The minimum absolute atomic E-state index is 0.133. The minimum Gasteiger partial charge on any atom is -0.487 e. The summed E-state index contributed by atoms with van der Waals surface area (Å²) in [6, 6.07) is 11.2. The van der Waals surface area contributed by atoms with Gasteiger partial charge in [-0.25, -0.2) is 18.1 Å². The summed E-state index contributed by atoms with van der Waals surface area (Å²) in [7, 11) is -2.23. The number of anilines is 1. The zero-order chi connectivity index (χ0) is 38.7. The molecular formula is C42H55ClN4O7S. The van der Waals surface area contributed by atoms with Crippen LogP contribution >= 0.6 is 11.6 Å². The first-order chi connectivity index (χ1) is 26.4. The zero-order valence-electron chi connectivity index (χ0n) is 32.5. The summed E-state index contributed by atoms with van der Waals surface area (Å²) in [6.45, 7) is 11.2. The van der Waals surface area contributed by atoms with Gasteiger partial charge >= 0.3 is 0 Å². The second-order valence-electron chi connectivity index (χ2n) is 15.9. The number of hydrogen-bond donors (Lipinski definition) is 1. The van der Waals surface area contributed by atoms with Crippen LogP contribution in [0, 0.1) is 24.7 Å². The van der Waals surface area contributed by atoms with Gasteiger partial charge in [-0.1, -0.05) is 36.7 Å². The standard InChI is InChI=1S/C42H55ClN4O7S/c1-28-8-7-16-42(51-4,24-40-44-37(29(2)54-40)26-46-18-20-52-21-19-46)36-14-11-33(36)25-47-17-6-5-9-31-22-35(43)13-10-34(31)27-53-39-15-12-32(23-38(39)47)41(48)45-55(49,50)30(28)3/h7,10,12-13,15-16,22-23,28,30,33,36H,5-6,8-9,11,14,17-21,24-27H2,1-4H3,(H,45,48)/b16-7+/t28-,30+,33-,36+,42+/m0/s1. The molecule has 298 valence electrons. The van der Waals surface area contributed by atoms with Crippen molar-refractivity contribution in [3.8, 4) is 5.75 Å². The van der Waals surface area contributed by atoms with Crippen LogP contribution in [0.1, 0.15) is 84.8 Å². The number of oxazole rings is 1. The van der Waals surface area contributed by atoms with Gasteiger partial charge in [0, 0.05) is 50.4 Å². The van der Waals surface area contributed by atoms with Crippen molar-refractivity contribution in [1.82, 2.24) is 14.6 Å². The molecule has 1 saturated carbocycles. The highest BCUT2D eigenvalue weighted by atomic mass is 35.5. The van der Waals surface area contributed by atoms with E-state index in [0.717, 1.165) is 74.4 Å². The Labute approximate surface area is 330 Å². The van der Waals surface area contributed by atoms with E-state index < -0.39 is 26.8 Å². The molecule has 1 amide bonds. The number of morpholine rings is 1. The highest BCUT2D eigenvalue weighted by Crippen LogP contribution is 2.47. The Balaban J connectivity index is 1.25. The Morgan fingerprint density at radius 2 is 1.87 bits per heavy atom. The fourth-order valence-electron chi connectivity index (χ4n) is 8.58. The lowest BCUT2D eigenvalue weighted by molar-refractivity contribution is -0.0776. The monoisotopic (exact) mass is 794 g/mol. The van der Waals surface area contributed by atoms with Gasteiger partial charge in [-0.3, -0.25) is 9.69 Å². The minimum atomic E-state index is -4.00. The van der Waals surface area contributed by atoms with E-state index in [-0.39, 0.29) is 23.3 Å². The smallest absolute Gasteiger partial charge is 0.264 e. The van der Waals surface area contributed by atoms with Gasteiger partial charge in [0.1, 0.15) is 18.1 Å². The van der Waals surface area contributed by atoms with E-state index in [4.69, 9.17) is 35.2 Å². The number of nitrogens with zero attached hydrogens (tertiary/aromatic N) is 3. The van der Waals surface area contributed by atoms with Crippen molar-refractivity contribution < 1.29 is 31.8 Å². The number of benzene rings is 2. The van der Waals surface area contributed by atoms with Crippen molar-refractivity contribution in [3.05, 3.63) is 87.6 Å². The molecule has 2 fully saturated rings. The molecule has 3 aliphatic heterocycles. The molecule has 4 aliphatic rings. The van der Waals surface area contributed by atoms with Gasteiger partial charge in [-0.05, 0) is 112 Å². The predicted octanol–water partition coefficient (Wildman–Crippen LogP) is 6.89. The van der Waals surface area contributed by atoms with E-state index in [2.05, 4.69) is 26.7 Å². The first-order valence-electron chi connectivity index (χ1n) is 19.8. The molecule has 4 heterocycles. The van der Waals surface area contributed by atoms with Crippen LogP contribution in [0.4, 0.5) is 5.69 Å². The molecule has 2 bridgehead atoms. The molecule has 55 heavy (non-hydrogen) atoms. The fraction of sp³-hybridized carbons (Fsp3) is 0.571. The van der Waals surface area contributed by atoms with Crippen LogP contribution < -0.4 is 14.4 Å². The summed E-state index contributed by atoms with van der Waals surface area (Å²) in [6.07, 6.45) is 9.82. The van der Waals surface area contributed by atoms with Crippen LogP contribution in [-0.2, 0) is 45.5 Å². The molecule has 1 N–H and O–H groups in total. The number of methoxy groups -OCH3 is 1. The lowest BCUT2D eigenvalue weighted by Gasteiger charge is -2.49. The highest BCUT2D eigenvalue weighted by molar-refractivity contribution is 7.90. The van der Waals surface area contributed by atoms with Crippen molar-refractivity contribution in [2.24, 2.45) is 17.8 Å². The molecule has 13 heteroatoms. The molecule has 0 spiro atoms. The number of aromatic nitrogens is 1. The summed E-state index contributed by atoms with van der Waals surface area (Å²) in [4.78, 5) is 23.3. The molecule has 3 aromatic rings. The van der Waals surface area contributed by atoms with Crippen LogP contribution in [-0.4, -0.2) is 81.6 Å². The number of ether oxygens (including phenoxy) is 3. The topological polar surface area (TPSA) is 123 Å². The van der Waals surface area contributed by atoms with Gasteiger partial charge in [0.2, 0.25) is 10.0 Å². The summed E-state index contributed by atoms with van der Waals surface area (Å²) < 4.78 is 54.7. The number of nitrogens with one attached hydrogen (secondary N) is 1. The Morgan fingerprint density at radius 3 is 2.64 bits per heavy atom. The zero-order valence-corrected chi connectivity index (χ0v) is 34.1. The summed E-state index contributed by atoms with van der Waals surface area (Å²) in [5.74, 6) is 1.55. The number of hydrogen-bond acceptors (Lipinski definition) is 10. The second-order valence-corrected chi connectivity index (χ2v) is 18.3. The van der Waals surface area contributed by atoms with Crippen molar-refractivity contribution in [1.29, 1.82) is 0 Å². The molecule has 0 radical (unpaired) electrons. The molecule has 1 saturated heterocycles. The quantitative estimate of drug-likeness (QED) is 0.273. The van der Waals surface area contributed by atoms with E-state index in [1.54, 1.807) is 32.2 Å². The Morgan fingerprint density at radius 1 is 1.05 bits per heavy atom. The lowest BCUT2D eigenvalue weighted by Crippen LogP contribution is -2.52. The second kappa shape index (κ2) is 17.0. The van der Waals surface area contributed by atoms with Crippen LogP contribution in [0.3, 0.4) is 0 Å². The maximum Gasteiger partial charge on any atom is 0.264 e. The number of sulfonamides is 1. The molecule has 5 atom stereocenters. The van der Waals surface area contributed by atoms with Crippen molar-refractivity contribution >= 4 is 33.2 Å². The molecule has 1 aliphatic carbocycles. The van der Waals surface area contributed by atoms with Gasteiger partial charge in [0.25, 0.3) is 5.91 Å². The van der Waals surface area contributed by atoms with Gasteiger partial charge in [-0.15, -0.1) is 0 Å². The maximum atomic E-state index is 13.6. The van der Waals surface area contributed by atoms with Crippen molar-refractivity contribution in [3.63, 3.8) is 0 Å².